The third kappa shape index (κ3) is 43.5. The van der Waals surface area contributed by atoms with Gasteiger partial charge in [-0.3, -0.25) is 9.59 Å². The molecule has 0 aromatic heterocycles. The smallest absolute Gasteiger partial charge is 0.306 e. The average Bonchev–Trinajstić information content (AvgIpc) is 3.45. The molecule has 1 heterocycles. The summed E-state index contributed by atoms with van der Waals surface area (Å²) in [5, 5.41) is 57.1. The predicted molar refractivity (Wildman–Crippen MR) is 333 cm³/mol. The Bertz CT molecular complexity index is 1620. The van der Waals surface area contributed by atoms with Gasteiger partial charge in [0.1, 0.15) is 24.4 Å². The molecular formula is C69H121NO10. The highest BCUT2D eigenvalue weighted by atomic mass is 16.7. The largest absolute Gasteiger partial charge is 0.454 e. The molecule has 1 amide bonds. The summed E-state index contributed by atoms with van der Waals surface area (Å²) < 4.78 is 17.6. The van der Waals surface area contributed by atoms with E-state index in [0.29, 0.717) is 12.8 Å². The second-order valence-corrected chi connectivity index (χ2v) is 22.5. The second kappa shape index (κ2) is 56.3. The van der Waals surface area contributed by atoms with Crippen LogP contribution in [-0.4, -0.2) is 99.6 Å². The van der Waals surface area contributed by atoms with Gasteiger partial charge in [0.15, 0.2) is 12.4 Å². The number of hydrogen-bond donors (Lipinski definition) is 6. The lowest BCUT2D eigenvalue weighted by atomic mass is 9.99. The highest BCUT2D eigenvalue weighted by Gasteiger charge is 2.47. The molecule has 0 aromatic rings. The summed E-state index contributed by atoms with van der Waals surface area (Å²) in [6.07, 6.45) is 63.2. The van der Waals surface area contributed by atoms with Crippen LogP contribution in [0.25, 0.3) is 0 Å². The summed E-state index contributed by atoms with van der Waals surface area (Å²) in [5.74, 6) is -1.22. The van der Waals surface area contributed by atoms with Gasteiger partial charge in [0.2, 0.25) is 5.91 Å². The third-order valence-electron chi connectivity index (χ3n) is 15.0. The first-order chi connectivity index (χ1) is 39.2. The van der Waals surface area contributed by atoms with Gasteiger partial charge in [-0.15, -0.1) is 0 Å². The maximum Gasteiger partial charge on any atom is 0.306 e. The van der Waals surface area contributed by atoms with Crippen LogP contribution in [0.15, 0.2) is 85.1 Å². The first kappa shape index (κ1) is 74.9. The second-order valence-electron chi connectivity index (χ2n) is 22.5. The zero-order chi connectivity index (χ0) is 58.2. The van der Waals surface area contributed by atoms with Crippen LogP contribution < -0.4 is 5.32 Å². The number of aliphatic hydroxyl groups excluding tert-OH is 5. The van der Waals surface area contributed by atoms with E-state index in [1.54, 1.807) is 6.08 Å². The zero-order valence-electron chi connectivity index (χ0n) is 51.2. The lowest BCUT2D eigenvalue weighted by Crippen LogP contribution is -2.61. The summed E-state index contributed by atoms with van der Waals surface area (Å²) in [6, 6.07) is -1.04. The van der Waals surface area contributed by atoms with Crippen molar-refractivity contribution in [2.45, 2.75) is 327 Å². The highest BCUT2D eigenvalue weighted by molar-refractivity contribution is 5.80. The van der Waals surface area contributed by atoms with Crippen molar-refractivity contribution >= 4 is 11.9 Å². The molecule has 0 aromatic carbocycles. The topological polar surface area (TPSA) is 175 Å². The van der Waals surface area contributed by atoms with Gasteiger partial charge in [0.25, 0.3) is 0 Å². The number of ether oxygens (including phenoxy) is 3. The summed E-state index contributed by atoms with van der Waals surface area (Å²) in [7, 11) is 0. The van der Waals surface area contributed by atoms with Crippen LogP contribution in [0.1, 0.15) is 278 Å². The number of carbonyl (C=O) groups excluding carboxylic acids is 2. The van der Waals surface area contributed by atoms with Crippen LogP contribution >= 0.6 is 0 Å². The standard InChI is InChI=1S/C69H121NO10/c1-4-7-10-13-16-19-22-25-27-29-31-33-34-36-38-41-44-47-50-53-56-62(73)68(77)70-60(61(72)55-52-49-46-43-40-24-21-18-15-12-9-6-3)59-78-69-67(66(76)65(75)63(58-71)79-69)80-64(74)57-54-51-48-45-42-39-37-35-32-30-28-26-23-20-17-14-11-8-5-2/h16-17,19-20,25-28,31-33,35,52,55,60-63,65-67,69,71-73,75-76H,4-15,18,21-24,29-30,34,36-51,53-54,56-59H2,1-3H3,(H,70,77)/b19-16-,20-17-,27-25-,28-26-,33-31-,35-32-,55-52+. The molecular weight excluding hydrogens is 1000 g/mol. The molecule has 0 spiro atoms. The molecule has 0 saturated carbocycles. The number of aliphatic hydroxyl groups is 5. The number of carbonyl (C=O) groups is 2. The minimum Gasteiger partial charge on any atom is -0.454 e. The molecule has 80 heavy (non-hydrogen) atoms. The van der Waals surface area contributed by atoms with Crippen LogP contribution in [0, 0.1) is 0 Å². The third-order valence-corrected chi connectivity index (χ3v) is 15.0. The van der Waals surface area contributed by atoms with Crippen LogP contribution in [0.5, 0.6) is 0 Å². The van der Waals surface area contributed by atoms with E-state index < -0.39 is 67.4 Å². The molecule has 8 atom stereocenters. The van der Waals surface area contributed by atoms with Crippen molar-refractivity contribution in [2.24, 2.45) is 0 Å². The van der Waals surface area contributed by atoms with Crippen LogP contribution in [0.2, 0.25) is 0 Å². The van der Waals surface area contributed by atoms with Crippen molar-refractivity contribution in [3.05, 3.63) is 85.1 Å². The maximum absolute atomic E-state index is 13.4. The SMILES string of the molecule is CCCCC/C=C\C/C=C\C/C=C\CCCCCCCCCC(O)C(=O)NC(COC1OC(CO)C(O)C(O)C1OC(=O)CCCCCCCC/C=C\C/C=C\C/C=C\CCCCC)C(O)/C=C/CCCCCCCCCCCC. The quantitative estimate of drug-likeness (QED) is 0.0195. The van der Waals surface area contributed by atoms with Crippen LogP contribution in [-0.2, 0) is 23.8 Å². The number of amides is 1. The molecule has 1 aliphatic rings. The number of rotatable bonds is 55. The van der Waals surface area contributed by atoms with Crippen LogP contribution in [0.3, 0.4) is 0 Å². The van der Waals surface area contributed by atoms with E-state index in [1.165, 1.54) is 116 Å². The van der Waals surface area contributed by atoms with Crippen molar-refractivity contribution in [1.29, 1.82) is 0 Å². The summed E-state index contributed by atoms with van der Waals surface area (Å²) in [5.41, 5.74) is 0. The minimum atomic E-state index is -1.62. The number of hydrogen-bond acceptors (Lipinski definition) is 10. The van der Waals surface area contributed by atoms with Gasteiger partial charge >= 0.3 is 5.97 Å². The van der Waals surface area contributed by atoms with Crippen molar-refractivity contribution in [1.82, 2.24) is 5.32 Å². The Morgan fingerprint density at radius 2 is 0.863 bits per heavy atom. The number of nitrogens with one attached hydrogen (secondary N) is 1. The Morgan fingerprint density at radius 3 is 1.31 bits per heavy atom. The van der Waals surface area contributed by atoms with E-state index in [0.717, 1.165) is 116 Å². The average molecular weight is 1120 g/mol. The zero-order valence-corrected chi connectivity index (χ0v) is 51.2. The molecule has 0 radical (unpaired) electrons. The monoisotopic (exact) mass is 1120 g/mol. The number of unbranched alkanes of at least 4 members (excludes halogenated alkanes) is 29. The van der Waals surface area contributed by atoms with Crippen molar-refractivity contribution in [3.63, 3.8) is 0 Å². The van der Waals surface area contributed by atoms with E-state index in [-0.39, 0.29) is 19.4 Å². The minimum absolute atomic E-state index is 0.105. The maximum atomic E-state index is 13.4. The van der Waals surface area contributed by atoms with Gasteiger partial charge in [-0.1, -0.05) is 254 Å². The first-order valence-corrected chi connectivity index (χ1v) is 32.9. The van der Waals surface area contributed by atoms with Gasteiger partial charge in [0, 0.05) is 6.42 Å². The summed E-state index contributed by atoms with van der Waals surface area (Å²) in [6.45, 7) is 5.73. The molecule has 1 fully saturated rings. The fourth-order valence-electron chi connectivity index (χ4n) is 9.78. The molecule has 11 heteroatoms. The van der Waals surface area contributed by atoms with Crippen molar-refractivity contribution in [3.8, 4) is 0 Å². The molecule has 1 saturated heterocycles. The van der Waals surface area contributed by atoms with Gasteiger partial charge in [0.05, 0.1) is 25.4 Å². The molecule has 8 unspecified atom stereocenters. The Labute approximate surface area is 489 Å². The van der Waals surface area contributed by atoms with E-state index in [1.807, 2.05) is 6.08 Å². The Kier molecular flexibility index (Phi) is 52.7. The van der Waals surface area contributed by atoms with Crippen LogP contribution in [0.4, 0.5) is 0 Å². The van der Waals surface area contributed by atoms with E-state index in [4.69, 9.17) is 14.2 Å². The highest BCUT2D eigenvalue weighted by Crippen LogP contribution is 2.26. The summed E-state index contributed by atoms with van der Waals surface area (Å²) >= 11 is 0. The Morgan fingerprint density at radius 1 is 0.487 bits per heavy atom. The molecule has 1 aliphatic heterocycles. The molecule has 6 N–H and O–H groups in total. The predicted octanol–water partition coefficient (Wildman–Crippen LogP) is 16.1. The fraction of sp³-hybridized carbons (Fsp3) is 0.768. The van der Waals surface area contributed by atoms with Gasteiger partial charge in [-0.2, -0.15) is 0 Å². The van der Waals surface area contributed by atoms with Crippen molar-refractivity contribution < 1.29 is 49.3 Å². The lowest BCUT2D eigenvalue weighted by Gasteiger charge is -2.41. The van der Waals surface area contributed by atoms with Gasteiger partial charge in [-0.05, 0) is 103 Å². The Hall–Kier alpha value is -3.16. The molecule has 11 nitrogen and oxygen atoms in total. The van der Waals surface area contributed by atoms with Gasteiger partial charge < -0.3 is 45.1 Å². The number of esters is 1. The van der Waals surface area contributed by atoms with E-state index in [2.05, 4.69) is 99.0 Å². The summed E-state index contributed by atoms with van der Waals surface area (Å²) in [4.78, 5) is 26.6. The van der Waals surface area contributed by atoms with E-state index >= 15 is 0 Å². The lowest BCUT2D eigenvalue weighted by molar-refractivity contribution is -0.305. The first-order valence-electron chi connectivity index (χ1n) is 32.9. The number of allylic oxidation sites excluding steroid dienone is 13. The Balaban J connectivity index is 2.66. The molecule has 462 valence electrons. The molecule has 0 bridgehead atoms. The van der Waals surface area contributed by atoms with E-state index in [9.17, 15) is 35.1 Å². The molecule has 0 aliphatic carbocycles. The van der Waals surface area contributed by atoms with Gasteiger partial charge in [-0.25, -0.2) is 0 Å². The molecule has 1 rings (SSSR count). The fourth-order valence-corrected chi connectivity index (χ4v) is 9.78. The van der Waals surface area contributed by atoms with Crippen molar-refractivity contribution in [2.75, 3.05) is 13.2 Å². The normalized spacial score (nSPS) is 19.3.